The minimum atomic E-state index is -0.140. The zero-order valence-electron chi connectivity index (χ0n) is 17.0. The standard InChI is InChI=1S/C22H24N6O2/c1-15-14-19(26-20(25-15)16-6-3-4-8-18(16)29)27-10-12-28(13-11-27)21-17(22(30)23-2)7-5-9-24-21/h3-9,14,29H,10-13H2,1-2H3,(H,23,30). The Morgan fingerprint density at radius 2 is 1.77 bits per heavy atom. The second-order valence-corrected chi connectivity index (χ2v) is 7.14. The van der Waals surface area contributed by atoms with E-state index in [1.807, 2.05) is 25.1 Å². The number of phenols is 1. The summed E-state index contributed by atoms with van der Waals surface area (Å²) in [5, 5.41) is 12.8. The summed E-state index contributed by atoms with van der Waals surface area (Å²) in [6.07, 6.45) is 1.71. The van der Waals surface area contributed by atoms with Crippen LogP contribution in [-0.4, -0.2) is 59.2 Å². The van der Waals surface area contributed by atoms with Gasteiger partial charge in [0.15, 0.2) is 5.82 Å². The van der Waals surface area contributed by atoms with E-state index in [2.05, 4.69) is 25.1 Å². The molecule has 1 aliphatic heterocycles. The average molecular weight is 404 g/mol. The van der Waals surface area contributed by atoms with Crippen molar-refractivity contribution in [3.8, 4) is 17.1 Å². The Bertz CT molecular complexity index is 1060. The number of phenolic OH excluding ortho intramolecular Hbond substituents is 1. The summed E-state index contributed by atoms with van der Waals surface area (Å²) in [4.78, 5) is 30.1. The summed E-state index contributed by atoms with van der Waals surface area (Å²) in [5.41, 5.74) is 2.03. The van der Waals surface area contributed by atoms with Crippen molar-refractivity contribution in [2.45, 2.75) is 6.92 Å². The van der Waals surface area contributed by atoms with Crippen LogP contribution in [0.25, 0.3) is 11.4 Å². The van der Waals surface area contributed by atoms with E-state index >= 15 is 0 Å². The number of piperazine rings is 1. The quantitative estimate of drug-likeness (QED) is 0.689. The number of nitrogens with one attached hydrogen (secondary N) is 1. The van der Waals surface area contributed by atoms with Gasteiger partial charge in [-0.05, 0) is 31.2 Å². The highest BCUT2D eigenvalue weighted by Gasteiger charge is 2.23. The predicted octanol–water partition coefficient (Wildman–Crippen LogP) is 2.24. The molecule has 30 heavy (non-hydrogen) atoms. The van der Waals surface area contributed by atoms with Crippen LogP contribution in [0, 0.1) is 6.92 Å². The number of aromatic nitrogens is 3. The van der Waals surface area contributed by atoms with Crippen LogP contribution in [0.1, 0.15) is 16.1 Å². The molecule has 1 amide bonds. The highest BCUT2D eigenvalue weighted by molar-refractivity contribution is 5.98. The van der Waals surface area contributed by atoms with Gasteiger partial charge >= 0.3 is 0 Å². The number of hydrogen-bond donors (Lipinski definition) is 2. The molecule has 0 spiro atoms. The minimum Gasteiger partial charge on any atom is -0.507 e. The molecule has 1 aromatic carbocycles. The molecule has 0 unspecified atom stereocenters. The first-order valence-corrected chi connectivity index (χ1v) is 9.88. The topological polar surface area (TPSA) is 94.5 Å². The number of nitrogens with zero attached hydrogens (tertiary/aromatic N) is 5. The van der Waals surface area contributed by atoms with Gasteiger partial charge in [-0.2, -0.15) is 0 Å². The van der Waals surface area contributed by atoms with Crippen LogP contribution in [-0.2, 0) is 0 Å². The maximum Gasteiger partial charge on any atom is 0.254 e. The molecule has 3 heterocycles. The second-order valence-electron chi connectivity index (χ2n) is 7.14. The molecule has 1 fully saturated rings. The summed E-state index contributed by atoms with van der Waals surface area (Å²) in [5.74, 6) is 2.06. The van der Waals surface area contributed by atoms with E-state index < -0.39 is 0 Å². The molecule has 154 valence electrons. The lowest BCUT2D eigenvalue weighted by molar-refractivity contribution is 0.0963. The van der Waals surface area contributed by atoms with Crippen molar-refractivity contribution in [2.75, 3.05) is 43.0 Å². The molecule has 8 nitrogen and oxygen atoms in total. The number of benzene rings is 1. The van der Waals surface area contributed by atoms with Crippen LogP contribution in [0.5, 0.6) is 5.75 Å². The van der Waals surface area contributed by atoms with Gasteiger partial charge in [0.2, 0.25) is 0 Å². The molecule has 2 aromatic heterocycles. The van der Waals surface area contributed by atoms with E-state index in [1.165, 1.54) is 0 Å². The Balaban J connectivity index is 1.54. The lowest BCUT2D eigenvalue weighted by Gasteiger charge is -2.36. The number of carbonyl (C=O) groups is 1. The third-order valence-electron chi connectivity index (χ3n) is 5.15. The molecule has 0 saturated carbocycles. The van der Waals surface area contributed by atoms with E-state index in [0.29, 0.717) is 22.8 Å². The first-order chi connectivity index (χ1) is 14.6. The van der Waals surface area contributed by atoms with Crippen molar-refractivity contribution in [1.29, 1.82) is 0 Å². The van der Waals surface area contributed by atoms with Crippen molar-refractivity contribution in [3.63, 3.8) is 0 Å². The van der Waals surface area contributed by atoms with Gasteiger partial charge in [0, 0.05) is 51.2 Å². The fourth-order valence-electron chi connectivity index (χ4n) is 3.61. The Morgan fingerprint density at radius 3 is 2.50 bits per heavy atom. The van der Waals surface area contributed by atoms with E-state index in [4.69, 9.17) is 4.98 Å². The number of aromatic hydroxyl groups is 1. The third kappa shape index (κ3) is 3.89. The molecule has 1 saturated heterocycles. The van der Waals surface area contributed by atoms with E-state index in [9.17, 15) is 9.90 Å². The average Bonchev–Trinajstić information content (AvgIpc) is 2.78. The summed E-state index contributed by atoms with van der Waals surface area (Å²) in [6.45, 7) is 4.83. The number of hydrogen-bond acceptors (Lipinski definition) is 7. The molecule has 0 aliphatic carbocycles. The lowest BCUT2D eigenvalue weighted by atomic mass is 10.2. The third-order valence-corrected chi connectivity index (χ3v) is 5.15. The molecule has 8 heteroatoms. The molecule has 0 bridgehead atoms. The van der Waals surface area contributed by atoms with Crippen LogP contribution in [0.3, 0.4) is 0 Å². The van der Waals surface area contributed by atoms with Gasteiger partial charge in [0.05, 0.1) is 11.1 Å². The Kier molecular flexibility index (Phi) is 5.47. The molecule has 4 rings (SSSR count). The summed E-state index contributed by atoms with van der Waals surface area (Å²) in [7, 11) is 1.62. The van der Waals surface area contributed by atoms with Crippen molar-refractivity contribution in [2.24, 2.45) is 0 Å². The zero-order valence-corrected chi connectivity index (χ0v) is 17.0. The molecule has 1 aliphatic rings. The SMILES string of the molecule is CNC(=O)c1cccnc1N1CCN(c2cc(C)nc(-c3ccccc3O)n2)CC1. The largest absolute Gasteiger partial charge is 0.507 e. The fraction of sp³-hybridized carbons (Fsp3) is 0.273. The van der Waals surface area contributed by atoms with Crippen LogP contribution in [0.4, 0.5) is 11.6 Å². The van der Waals surface area contributed by atoms with Gasteiger partial charge in [-0.3, -0.25) is 4.79 Å². The molecular formula is C22H24N6O2. The zero-order chi connectivity index (χ0) is 21.1. The number of anilines is 2. The van der Waals surface area contributed by atoms with E-state index in [1.54, 1.807) is 37.5 Å². The van der Waals surface area contributed by atoms with Crippen molar-refractivity contribution in [3.05, 3.63) is 59.9 Å². The number of aryl methyl sites for hydroxylation is 1. The van der Waals surface area contributed by atoms with Gasteiger partial charge < -0.3 is 20.2 Å². The maximum absolute atomic E-state index is 12.2. The highest BCUT2D eigenvalue weighted by atomic mass is 16.3. The first-order valence-electron chi connectivity index (χ1n) is 9.88. The number of carbonyl (C=O) groups excluding carboxylic acids is 1. The van der Waals surface area contributed by atoms with Crippen molar-refractivity contribution >= 4 is 17.5 Å². The summed E-state index contributed by atoms with van der Waals surface area (Å²) < 4.78 is 0. The number of pyridine rings is 1. The van der Waals surface area contributed by atoms with Crippen LogP contribution in [0.15, 0.2) is 48.7 Å². The Hall–Kier alpha value is -3.68. The number of para-hydroxylation sites is 1. The maximum atomic E-state index is 12.2. The molecule has 0 atom stereocenters. The van der Waals surface area contributed by atoms with Crippen LogP contribution >= 0.6 is 0 Å². The summed E-state index contributed by atoms with van der Waals surface area (Å²) in [6, 6.07) is 12.6. The monoisotopic (exact) mass is 404 g/mol. The first kappa shape index (κ1) is 19.6. The van der Waals surface area contributed by atoms with Gasteiger partial charge in [0.25, 0.3) is 5.91 Å². The van der Waals surface area contributed by atoms with E-state index in [-0.39, 0.29) is 11.7 Å². The fourth-order valence-corrected chi connectivity index (χ4v) is 3.61. The lowest BCUT2D eigenvalue weighted by Crippen LogP contribution is -2.47. The molecular weight excluding hydrogens is 380 g/mol. The number of rotatable bonds is 4. The molecule has 3 aromatic rings. The predicted molar refractivity (Wildman–Crippen MR) is 116 cm³/mol. The minimum absolute atomic E-state index is 0.140. The van der Waals surface area contributed by atoms with Crippen molar-refractivity contribution < 1.29 is 9.90 Å². The highest BCUT2D eigenvalue weighted by Crippen LogP contribution is 2.28. The Morgan fingerprint density at radius 1 is 1.03 bits per heavy atom. The van der Waals surface area contributed by atoms with Gasteiger partial charge in [-0.25, -0.2) is 15.0 Å². The Labute approximate surface area is 175 Å². The van der Waals surface area contributed by atoms with Gasteiger partial charge in [-0.15, -0.1) is 0 Å². The van der Waals surface area contributed by atoms with Crippen LogP contribution in [0.2, 0.25) is 0 Å². The smallest absolute Gasteiger partial charge is 0.254 e. The summed E-state index contributed by atoms with van der Waals surface area (Å²) >= 11 is 0. The van der Waals surface area contributed by atoms with Gasteiger partial charge in [-0.1, -0.05) is 12.1 Å². The van der Waals surface area contributed by atoms with Crippen LogP contribution < -0.4 is 15.1 Å². The van der Waals surface area contributed by atoms with Gasteiger partial charge in [0.1, 0.15) is 17.4 Å². The van der Waals surface area contributed by atoms with E-state index in [0.717, 1.165) is 37.7 Å². The molecule has 2 N–H and O–H groups in total. The van der Waals surface area contributed by atoms with Crippen molar-refractivity contribution in [1.82, 2.24) is 20.3 Å². The normalized spacial score (nSPS) is 13.9. The molecule has 0 radical (unpaired) electrons. The number of amides is 1. The second kappa shape index (κ2) is 8.36.